The van der Waals surface area contributed by atoms with Crippen molar-refractivity contribution in [3.05, 3.63) is 22.8 Å². The molecule has 0 aliphatic heterocycles. The van der Waals surface area contributed by atoms with Crippen molar-refractivity contribution >= 4 is 23.3 Å². The van der Waals surface area contributed by atoms with Crippen LogP contribution in [0.25, 0.3) is 0 Å². The Hall–Kier alpha value is -1.33. The molecule has 0 saturated heterocycles. The van der Waals surface area contributed by atoms with Gasteiger partial charge in [-0.25, -0.2) is 4.98 Å². The van der Waals surface area contributed by atoms with Gasteiger partial charge in [-0.15, -0.1) is 0 Å². The maximum Gasteiger partial charge on any atom is 0.271 e. The quantitative estimate of drug-likeness (QED) is 0.688. The molecule has 21 heavy (non-hydrogen) atoms. The zero-order valence-electron chi connectivity index (χ0n) is 12.9. The van der Waals surface area contributed by atoms with Crippen molar-refractivity contribution in [3.63, 3.8) is 0 Å². The van der Waals surface area contributed by atoms with Gasteiger partial charge in [-0.3, -0.25) is 4.79 Å². The molecule has 5 nitrogen and oxygen atoms in total. The molecule has 1 aromatic rings. The summed E-state index contributed by atoms with van der Waals surface area (Å²) in [4.78, 5) is 16.3. The average Bonchev–Trinajstić information content (AvgIpc) is 2.45. The Morgan fingerprint density at radius 1 is 1.38 bits per heavy atom. The Balaban J connectivity index is 2.48. The highest BCUT2D eigenvalue weighted by Crippen LogP contribution is 2.16. The van der Waals surface area contributed by atoms with Gasteiger partial charge in [-0.1, -0.05) is 32.4 Å². The average molecular weight is 314 g/mol. The summed E-state index contributed by atoms with van der Waals surface area (Å²) in [5.41, 5.74) is 0.238. The smallest absolute Gasteiger partial charge is 0.271 e. The van der Waals surface area contributed by atoms with Crippen LogP contribution in [0.1, 0.15) is 37.7 Å². The number of carbonyl (C=O) groups excluding carboxylic acids is 1. The molecule has 0 spiro atoms. The van der Waals surface area contributed by atoms with E-state index in [1.54, 1.807) is 12.1 Å². The number of amides is 1. The van der Waals surface area contributed by atoms with Crippen LogP contribution < -0.4 is 10.6 Å². The summed E-state index contributed by atoms with van der Waals surface area (Å²) in [6.45, 7) is 8.64. The fraction of sp³-hybridized carbons (Fsp3) is 0.600. The third-order valence-corrected chi connectivity index (χ3v) is 2.91. The summed E-state index contributed by atoms with van der Waals surface area (Å²) in [6, 6.07) is 3.44. The molecule has 0 fully saturated rings. The number of nitrogens with one attached hydrogen (secondary N) is 2. The second-order valence-corrected chi connectivity index (χ2v) is 5.59. The topological polar surface area (TPSA) is 63.2 Å². The Morgan fingerprint density at radius 2 is 2.14 bits per heavy atom. The highest BCUT2D eigenvalue weighted by atomic mass is 35.5. The number of halogens is 1. The van der Waals surface area contributed by atoms with Crippen LogP contribution in [0.3, 0.4) is 0 Å². The Morgan fingerprint density at radius 3 is 2.81 bits per heavy atom. The van der Waals surface area contributed by atoms with Gasteiger partial charge in [0.1, 0.15) is 11.5 Å². The van der Waals surface area contributed by atoms with E-state index in [4.69, 9.17) is 16.3 Å². The lowest BCUT2D eigenvalue weighted by Crippen LogP contribution is -2.28. The first-order valence-electron chi connectivity index (χ1n) is 7.31. The lowest BCUT2D eigenvalue weighted by Gasteiger charge is -2.10. The maximum atomic E-state index is 12.0. The van der Waals surface area contributed by atoms with E-state index in [0.717, 1.165) is 13.0 Å². The molecule has 118 valence electrons. The highest BCUT2D eigenvalue weighted by Gasteiger charge is 2.12. The van der Waals surface area contributed by atoms with E-state index < -0.39 is 0 Å². The summed E-state index contributed by atoms with van der Waals surface area (Å²) in [5.74, 6) is 0.855. The molecule has 1 amide bonds. The van der Waals surface area contributed by atoms with Gasteiger partial charge < -0.3 is 15.4 Å². The first-order valence-corrected chi connectivity index (χ1v) is 7.68. The van der Waals surface area contributed by atoms with Crippen molar-refractivity contribution in [1.82, 2.24) is 10.3 Å². The molecule has 0 unspecified atom stereocenters. The van der Waals surface area contributed by atoms with Crippen LogP contribution in [0.5, 0.6) is 0 Å². The van der Waals surface area contributed by atoms with Crippen LogP contribution in [0.4, 0.5) is 5.82 Å². The number of hydrogen-bond donors (Lipinski definition) is 2. The van der Waals surface area contributed by atoms with Crippen LogP contribution in [0.15, 0.2) is 12.1 Å². The minimum atomic E-state index is -0.284. The number of rotatable bonds is 9. The molecule has 1 rings (SSSR count). The fourth-order valence-electron chi connectivity index (χ4n) is 1.59. The molecule has 0 aliphatic carbocycles. The lowest BCUT2D eigenvalue weighted by atomic mass is 10.2. The molecular formula is C15H24ClN3O2. The van der Waals surface area contributed by atoms with Gasteiger partial charge >= 0.3 is 0 Å². The Kier molecular flexibility index (Phi) is 8.08. The van der Waals surface area contributed by atoms with Crippen LogP contribution >= 0.6 is 11.6 Å². The third kappa shape index (κ3) is 6.78. The monoisotopic (exact) mass is 313 g/mol. The SMILES string of the molecule is CCCNc1ccc(Cl)c(C(=O)NCCOCC(C)C)n1. The Bertz CT molecular complexity index is 453. The largest absolute Gasteiger partial charge is 0.379 e. The van der Waals surface area contributed by atoms with Crippen LogP contribution in [-0.4, -0.2) is 37.2 Å². The predicted molar refractivity (Wildman–Crippen MR) is 86.0 cm³/mol. The second-order valence-electron chi connectivity index (χ2n) is 5.18. The van der Waals surface area contributed by atoms with E-state index in [0.29, 0.717) is 36.5 Å². The summed E-state index contributed by atoms with van der Waals surface area (Å²) >= 11 is 6.02. The molecule has 0 aliphatic rings. The molecule has 0 saturated carbocycles. The normalized spacial score (nSPS) is 10.7. The van der Waals surface area contributed by atoms with Crippen molar-refractivity contribution in [2.24, 2.45) is 5.92 Å². The van der Waals surface area contributed by atoms with Gasteiger partial charge in [0.2, 0.25) is 0 Å². The van der Waals surface area contributed by atoms with Crippen molar-refractivity contribution in [3.8, 4) is 0 Å². The lowest BCUT2D eigenvalue weighted by molar-refractivity contribution is 0.0882. The first kappa shape index (κ1) is 17.7. The van der Waals surface area contributed by atoms with Crippen LogP contribution in [-0.2, 0) is 4.74 Å². The Labute approximate surface area is 131 Å². The molecule has 2 N–H and O–H groups in total. The zero-order chi connectivity index (χ0) is 15.7. The van der Waals surface area contributed by atoms with Gasteiger partial charge in [0.15, 0.2) is 0 Å². The number of carbonyl (C=O) groups is 1. The van der Waals surface area contributed by atoms with Gasteiger partial charge in [0.05, 0.1) is 11.6 Å². The minimum absolute atomic E-state index is 0.238. The molecule has 0 atom stereocenters. The first-order chi connectivity index (χ1) is 10.0. The summed E-state index contributed by atoms with van der Waals surface area (Å²) in [7, 11) is 0. The molecule has 6 heteroatoms. The van der Waals surface area contributed by atoms with E-state index in [1.807, 2.05) is 0 Å². The van der Waals surface area contributed by atoms with Crippen LogP contribution in [0, 0.1) is 5.92 Å². The van der Waals surface area contributed by atoms with Crippen molar-refractivity contribution in [2.75, 3.05) is 31.6 Å². The number of nitrogens with zero attached hydrogens (tertiary/aromatic N) is 1. The molecule has 0 radical (unpaired) electrons. The fourth-order valence-corrected chi connectivity index (χ4v) is 1.78. The second kappa shape index (κ2) is 9.58. The van der Waals surface area contributed by atoms with E-state index in [-0.39, 0.29) is 11.6 Å². The minimum Gasteiger partial charge on any atom is -0.379 e. The van der Waals surface area contributed by atoms with Crippen molar-refractivity contribution in [1.29, 1.82) is 0 Å². The number of ether oxygens (including phenoxy) is 1. The third-order valence-electron chi connectivity index (χ3n) is 2.60. The zero-order valence-corrected chi connectivity index (χ0v) is 13.7. The van der Waals surface area contributed by atoms with E-state index >= 15 is 0 Å². The van der Waals surface area contributed by atoms with Crippen LogP contribution in [0.2, 0.25) is 5.02 Å². The van der Waals surface area contributed by atoms with Gasteiger partial charge in [-0.05, 0) is 24.5 Å². The number of pyridine rings is 1. The van der Waals surface area contributed by atoms with Gasteiger partial charge in [-0.2, -0.15) is 0 Å². The molecule has 1 heterocycles. The predicted octanol–water partition coefficient (Wildman–Crippen LogP) is 2.96. The number of anilines is 1. The summed E-state index contributed by atoms with van der Waals surface area (Å²) in [6.07, 6.45) is 0.985. The molecule has 1 aromatic heterocycles. The molecule has 0 aromatic carbocycles. The van der Waals surface area contributed by atoms with Gasteiger partial charge in [0, 0.05) is 19.7 Å². The van der Waals surface area contributed by atoms with Crippen molar-refractivity contribution < 1.29 is 9.53 Å². The number of hydrogen-bond acceptors (Lipinski definition) is 4. The van der Waals surface area contributed by atoms with Crippen molar-refractivity contribution in [2.45, 2.75) is 27.2 Å². The highest BCUT2D eigenvalue weighted by molar-refractivity contribution is 6.33. The summed E-state index contributed by atoms with van der Waals surface area (Å²) < 4.78 is 5.41. The standard InChI is InChI=1S/C15H24ClN3O2/c1-4-7-17-13-6-5-12(16)14(19-13)15(20)18-8-9-21-10-11(2)3/h5-6,11H,4,7-10H2,1-3H3,(H,17,19)(H,18,20). The summed E-state index contributed by atoms with van der Waals surface area (Å²) in [5, 5.41) is 6.23. The number of aromatic nitrogens is 1. The maximum absolute atomic E-state index is 12.0. The molecule has 0 bridgehead atoms. The van der Waals surface area contributed by atoms with Gasteiger partial charge in [0.25, 0.3) is 5.91 Å². The van der Waals surface area contributed by atoms with E-state index in [1.165, 1.54) is 0 Å². The van der Waals surface area contributed by atoms with E-state index in [9.17, 15) is 4.79 Å². The van der Waals surface area contributed by atoms with E-state index in [2.05, 4.69) is 36.4 Å². The molecular weight excluding hydrogens is 290 g/mol.